The van der Waals surface area contributed by atoms with E-state index in [1.54, 1.807) is 6.07 Å². The second-order valence-corrected chi connectivity index (χ2v) is 5.00. The fourth-order valence-electron chi connectivity index (χ4n) is 2.22. The van der Waals surface area contributed by atoms with Crippen molar-refractivity contribution in [1.29, 1.82) is 0 Å². The highest BCUT2D eigenvalue weighted by Crippen LogP contribution is 2.15. The van der Waals surface area contributed by atoms with Gasteiger partial charge in [-0.3, -0.25) is 10.0 Å². The molecule has 0 spiro atoms. The van der Waals surface area contributed by atoms with E-state index >= 15 is 0 Å². The first-order chi connectivity index (χ1) is 9.16. The number of nitrogens with zero attached hydrogens (tertiary/aromatic N) is 1. The molecule has 1 aromatic carbocycles. The molecule has 3 heteroatoms. The summed E-state index contributed by atoms with van der Waals surface area (Å²) in [5.74, 6) is -0.332. The Balaban J connectivity index is 2.47. The zero-order valence-electron chi connectivity index (χ0n) is 12.1. The smallest absolute Gasteiger partial charge is 0.277 e. The van der Waals surface area contributed by atoms with Gasteiger partial charge in [-0.1, -0.05) is 57.2 Å². The summed E-state index contributed by atoms with van der Waals surface area (Å²) in [5.41, 5.74) is 1.64. The third kappa shape index (κ3) is 5.43. The minimum Gasteiger partial charge on any atom is -0.286 e. The van der Waals surface area contributed by atoms with Gasteiger partial charge in [0.2, 0.25) is 0 Å². The molecule has 1 N–H and O–H groups in total. The lowest BCUT2D eigenvalue weighted by Crippen LogP contribution is -2.23. The molecule has 1 amide bonds. The first-order valence-corrected chi connectivity index (χ1v) is 7.21. The molecule has 0 aliphatic carbocycles. The van der Waals surface area contributed by atoms with Crippen molar-refractivity contribution in [2.45, 2.75) is 51.9 Å². The topological polar surface area (TPSA) is 40.5 Å². The van der Waals surface area contributed by atoms with Crippen molar-refractivity contribution in [3.63, 3.8) is 0 Å². The van der Waals surface area contributed by atoms with Crippen LogP contribution in [0.1, 0.15) is 61.4 Å². The van der Waals surface area contributed by atoms with Gasteiger partial charge in [-0.15, -0.1) is 0 Å². The van der Waals surface area contributed by atoms with Crippen LogP contribution in [0.25, 0.3) is 0 Å². The third-order valence-electron chi connectivity index (χ3n) is 3.34. The molecule has 0 bridgehead atoms. The molecule has 0 aromatic heterocycles. The van der Waals surface area contributed by atoms with Crippen LogP contribution in [0.2, 0.25) is 0 Å². The number of hydroxylamine groups is 2. The average Bonchev–Trinajstić information content (AvgIpc) is 2.42. The van der Waals surface area contributed by atoms with Crippen LogP contribution in [0.3, 0.4) is 0 Å². The van der Waals surface area contributed by atoms with E-state index in [-0.39, 0.29) is 5.91 Å². The number of carbonyl (C=O) groups excluding carboxylic acids is 1. The number of rotatable bonds is 8. The first kappa shape index (κ1) is 15.7. The third-order valence-corrected chi connectivity index (χ3v) is 3.34. The number of aryl methyl sites for hydroxylation is 1. The van der Waals surface area contributed by atoms with E-state index in [1.165, 1.54) is 39.2 Å². The summed E-state index contributed by atoms with van der Waals surface area (Å²) in [4.78, 5) is 11.8. The van der Waals surface area contributed by atoms with Crippen molar-refractivity contribution < 1.29 is 10.0 Å². The van der Waals surface area contributed by atoms with Gasteiger partial charge in [0.15, 0.2) is 0 Å². The van der Waals surface area contributed by atoms with E-state index in [2.05, 4.69) is 6.92 Å². The van der Waals surface area contributed by atoms with Gasteiger partial charge >= 0.3 is 0 Å². The summed E-state index contributed by atoms with van der Waals surface area (Å²) in [5, 5.41) is 9.90. The van der Waals surface area contributed by atoms with Crippen LogP contribution in [0.5, 0.6) is 0 Å². The molecule has 0 radical (unpaired) electrons. The van der Waals surface area contributed by atoms with Gasteiger partial charge in [-0.25, -0.2) is 5.06 Å². The molecule has 0 saturated heterocycles. The average molecular weight is 263 g/mol. The highest BCUT2D eigenvalue weighted by Gasteiger charge is 2.13. The first-order valence-electron chi connectivity index (χ1n) is 7.21. The van der Waals surface area contributed by atoms with Crippen molar-refractivity contribution >= 4 is 5.91 Å². The molecule has 106 valence electrons. The summed E-state index contributed by atoms with van der Waals surface area (Å²) in [6, 6.07) is 7.53. The Hall–Kier alpha value is -1.35. The highest BCUT2D eigenvalue weighted by molar-refractivity contribution is 5.94. The van der Waals surface area contributed by atoms with Crippen LogP contribution in [-0.4, -0.2) is 23.2 Å². The van der Waals surface area contributed by atoms with E-state index in [0.29, 0.717) is 10.6 Å². The van der Waals surface area contributed by atoms with Crippen LogP contribution in [0.15, 0.2) is 24.3 Å². The van der Waals surface area contributed by atoms with Gasteiger partial charge in [0.1, 0.15) is 0 Å². The monoisotopic (exact) mass is 263 g/mol. The minimum atomic E-state index is -0.332. The maximum absolute atomic E-state index is 11.8. The summed E-state index contributed by atoms with van der Waals surface area (Å²) in [6.45, 7) is 2.22. The van der Waals surface area contributed by atoms with Gasteiger partial charge in [0, 0.05) is 12.6 Å². The van der Waals surface area contributed by atoms with E-state index in [0.717, 1.165) is 18.4 Å². The van der Waals surface area contributed by atoms with Gasteiger partial charge in [-0.2, -0.15) is 0 Å². The zero-order chi connectivity index (χ0) is 14.1. The number of unbranched alkanes of at least 4 members (excludes halogenated alkanes) is 5. The van der Waals surface area contributed by atoms with Crippen molar-refractivity contribution in [2.75, 3.05) is 7.05 Å². The SMILES string of the molecule is CCCCCCCCc1ccccc1C(=O)N(C)O. The largest absolute Gasteiger partial charge is 0.286 e. The summed E-state index contributed by atoms with van der Waals surface area (Å²) >= 11 is 0. The normalized spacial score (nSPS) is 10.5. The molecule has 0 heterocycles. The number of hydrogen-bond acceptors (Lipinski definition) is 2. The van der Waals surface area contributed by atoms with Crippen LogP contribution >= 0.6 is 0 Å². The number of hydrogen-bond donors (Lipinski definition) is 1. The molecule has 0 fully saturated rings. The van der Waals surface area contributed by atoms with Crippen molar-refractivity contribution in [3.05, 3.63) is 35.4 Å². The van der Waals surface area contributed by atoms with E-state index < -0.39 is 0 Å². The molecule has 1 aromatic rings. The van der Waals surface area contributed by atoms with Crippen LogP contribution in [0, 0.1) is 0 Å². The maximum atomic E-state index is 11.8. The van der Waals surface area contributed by atoms with E-state index in [1.807, 2.05) is 18.2 Å². The molecule has 0 saturated carbocycles. The van der Waals surface area contributed by atoms with Crippen molar-refractivity contribution in [3.8, 4) is 0 Å². The zero-order valence-corrected chi connectivity index (χ0v) is 12.1. The van der Waals surface area contributed by atoms with Gasteiger partial charge in [0.05, 0.1) is 0 Å². The number of carbonyl (C=O) groups is 1. The molecule has 19 heavy (non-hydrogen) atoms. The Morgan fingerprint density at radius 2 is 1.74 bits per heavy atom. The molecule has 0 aliphatic rings. The molecule has 0 aliphatic heterocycles. The van der Waals surface area contributed by atoms with Crippen LogP contribution in [-0.2, 0) is 6.42 Å². The van der Waals surface area contributed by atoms with Gasteiger partial charge in [-0.05, 0) is 24.5 Å². The summed E-state index contributed by atoms with van der Waals surface area (Å²) in [6.07, 6.45) is 8.35. The Labute approximate surface area is 116 Å². The fourth-order valence-corrected chi connectivity index (χ4v) is 2.22. The predicted octanol–water partition coefficient (Wildman–Crippen LogP) is 4.05. The summed E-state index contributed by atoms with van der Waals surface area (Å²) in [7, 11) is 1.36. The Kier molecular flexibility index (Phi) is 7.19. The molecule has 0 unspecified atom stereocenters. The lowest BCUT2D eigenvalue weighted by Gasteiger charge is -2.12. The second-order valence-electron chi connectivity index (χ2n) is 5.00. The summed E-state index contributed by atoms with van der Waals surface area (Å²) < 4.78 is 0. The Bertz CT molecular complexity index is 388. The predicted molar refractivity (Wildman–Crippen MR) is 77.4 cm³/mol. The molecule has 3 nitrogen and oxygen atoms in total. The fraction of sp³-hybridized carbons (Fsp3) is 0.562. The Morgan fingerprint density at radius 3 is 2.42 bits per heavy atom. The second kappa shape index (κ2) is 8.70. The highest BCUT2D eigenvalue weighted by atomic mass is 16.5. The maximum Gasteiger partial charge on any atom is 0.277 e. The molecule has 1 rings (SSSR count). The lowest BCUT2D eigenvalue weighted by atomic mass is 10.00. The number of benzene rings is 1. The molecular weight excluding hydrogens is 238 g/mol. The van der Waals surface area contributed by atoms with Crippen molar-refractivity contribution in [1.82, 2.24) is 5.06 Å². The lowest BCUT2D eigenvalue weighted by molar-refractivity contribution is -0.0375. The Morgan fingerprint density at radius 1 is 1.11 bits per heavy atom. The standard InChI is InChI=1S/C16H25NO2/c1-3-4-5-6-7-8-11-14-12-9-10-13-15(14)16(18)17(2)19/h9-10,12-13,19H,3-8,11H2,1-2H3. The van der Waals surface area contributed by atoms with Gasteiger partial charge < -0.3 is 0 Å². The van der Waals surface area contributed by atoms with Crippen LogP contribution < -0.4 is 0 Å². The molecule has 0 atom stereocenters. The minimum absolute atomic E-state index is 0.332. The van der Waals surface area contributed by atoms with Crippen LogP contribution in [0.4, 0.5) is 0 Å². The van der Waals surface area contributed by atoms with E-state index in [4.69, 9.17) is 0 Å². The quantitative estimate of drug-likeness (QED) is 0.436. The van der Waals surface area contributed by atoms with Crippen molar-refractivity contribution in [2.24, 2.45) is 0 Å². The van der Waals surface area contributed by atoms with E-state index in [9.17, 15) is 10.0 Å². The van der Waals surface area contributed by atoms with Gasteiger partial charge in [0.25, 0.3) is 5.91 Å². The number of amides is 1. The molecular formula is C16H25NO2.